The lowest BCUT2D eigenvalue weighted by Gasteiger charge is -2.17. The quantitative estimate of drug-likeness (QED) is 0.843. The first-order valence-corrected chi connectivity index (χ1v) is 9.99. The molecule has 1 aliphatic rings. The van der Waals surface area contributed by atoms with E-state index in [-0.39, 0.29) is 16.2 Å². The molecule has 0 aliphatic carbocycles. The zero-order valence-electron chi connectivity index (χ0n) is 14.2. The Labute approximate surface area is 157 Å². The lowest BCUT2D eigenvalue weighted by molar-refractivity contribution is 0.102. The number of carbonyl (C=O) groups excluding carboxylic acids is 1. The van der Waals surface area contributed by atoms with Gasteiger partial charge in [0, 0.05) is 13.1 Å². The van der Waals surface area contributed by atoms with Crippen molar-refractivity contribution < 1.29 is 17.9 Å². The van der Waals surface area contributed by atoms with E-state index < -0.39 is 15.9 Å². The predicted molar refractivity (Wildman–Crippen MR) is 100 cm³/mol. The Morgan fingerprint density at radius 1 is 1.15 bits per heavy atom. The molecule has 3 rings (SSSR count). The Kier molecular flexibility index (Phi) is 5.50. The highest BCUT2D eigenvalue weighted by Crippen LogP contribution is 2.28. The normalized spacial score (nSPS) is 15.0. The molecule has 1 N–H and O–H groups in total. The monoisotopic (exact) mass is 394 g/mol. The van der Waals surface area contributed by atoms with Gasteiger partial charge in [0.2, 0.25) is 10.0 Å². The molecule has 0 bridgehead atoms. The number of ether oxygens (including phenoxy) is 1. The van der Waals surface area contributed by atoms with Gasteiger partial charge in [-0.25, -0.2) is 8.42 Å². The van der Waals surface area contributed by atoms with Crippen molar-refractivity contribution in [3.8, 4) is 5.75 Å². The molecule has 0 atom stereocenters. The van der Waals surface area contributed by atoms with Crippen molar-refractivity contribution in [2.75, 3.05) is 25.5 Å². The van der Waals surface area contributed by atoms with Gasteiger partial charge in [0.15, 0.2) is 0 Å². The van der Waals surface area contributed by atoms with Crippen molar-refractivity contribution >= 4 is 33.2 Å². The van der Waals surface area contributed by atoms with E-state index in [4.69, 9.17) is 16.3 Å². The molecule has 138 valence electrons. The number of anilines is 1. The summed E-state index contributed by atoms with van der Waals surface area (Å²) in [6.45, 7) is 0.991. The van der Waals surface area contributed by atoms with Gasteiger partial charge >= 0.3 is 0 Å². The van der Waals surface area contributed by atoms with Crippen molar-refractivity contribution in [1.82, 2.24) is 4.31 Å². The maximum atomic E-state index is 12.8. The number of benzene rings is 2. The van der Waals surface area contributed by atoms with Crippen molar-refractivity contribution in [2.24, 2.45) is 0 Å². The van der Waals surface area contributed by atoms with Crippen molar-refractivity contribution in [1.29, 1.82) is 0 Å². The fourth-order valence-corrected chi connectivity index (χ4v) is 4.58. The summed E-state index contributed by atoms with van der Waals surface area (Å²) in [6.07, 6.45) is 1.68. The van der Waals surface area contributed by atoms with E-state index in [2.05, 4.69) is 5.32 Å². The molecular weight excluding hydrogens is 376 g/mol. The second-order valence-electron chi connectivity index (χ2n) is 5.91. The van der Waals surface area contributed by atoms with Crippen LogP contribution in [0.1, 0.15) is 23.2 Å². The minimum absolute atomic E-state index is 0.0736. The van der Waals surface area contributed by atoms with Crippen LogP contribution in [0.4, 0.5) is 5.69 Å². The molecule has 0 saturated carbocycles. The summed E-state index contributed by atoms with van der Waals surface area (Å²) >= 11 is 6.07. The van der Waals surface area contributed by atoms with Crippen LogP contribution in [0.3, 0.4) is 0 Å². The van der Waals surface area contributed by atoms with E-state index in [1.807, 2.05) is 0 Å². The van der Waals surface area contributed by atoms with Crippen LogP contribution in [-0.4, -0.2) is 38.8 Å². The van der Waals surface area contributed by atoms with Gasteiger partial charge in [-0.1, -0.05) is 23.7 Å². The predicted octanol–water partition coefficient (Wildman–Crippen LogP) is 3.39. The number of rotatable bonds is 5. The number of hydrogen-bond acceptors (Lipinski definition) is 4. The van der Waals surface area contributed by atoms with E-state index in [0.29, 0.717) is 23.8 Å². The van der Waals surface area contributed by atoms with E-state index >= 15 is 0 Å². The van der Waals surface area contributed by atoms with Gasteiger partial charge in [0.1, 0.15) is 5.75 Å². The SMILES string of the molecule is COc1ccc(S(=O)(=O)N2CCCC2)cc1C(=O)Nc1ccccc1Cl. The maximum absolute atomic E-state index is 12.8. The largest absolute Gasteiger partial charge is 0.496 e. The van der Waals surface area contributed by atoms with Gasteiger partial charge < -0.3 is 10.1 Å². The molecule has 1 saturated heterocycles. The van der Waals surface area contributed by atoms with Crippen molar-refractivity contribution in [2.45, 2.75) is 17.7 Å². The van der Waals surface area contributed by atoms with Gasteiger partial charge in [-0.2, -0.15) is 4.31 Å². The van der Waals surface area contributed by atoms with E-state index in [0.717, 1.165) is 12.8 Å². The number of nitrogens with zero attached hydrogens (tertiary/aromatic N) is 1. The lowest BCUT2D eigenvalue weighted by Crippen LogP contribution is -2.28. The van der Waals surface area contributed by atoms with Crippen LogP contribution in [0.2, 0.25) is 5.02 Å². The minimum Gasteiger partial charge on any atom is -0.496 e. The van der Waals surface area contributed by atoms with Crippen LogP contribution in [0, 0.1) is 0 Å². The number of hydrogen-bond donors (Lipinski definition) is 1. The molecule has 1 amide bonds. The first-order chi connectivity index (χ1) is 12.4. The second kappa shape index (κ2) is 7.65. The third-order valence-electron chi connectivity index (χ3n) is 4.24. The fraction of sp³-hybridized carbons (Fsp3) is 0.278. The molecule has 0 aromatic heterocycles. The van der Waals surface area contributed by atoms with E-state index in [1.165, 1.54) is 29.6 Å². The molecule has 6 nitrogen and oxygen atoms in total. The Bertz CT molecular complexity index is 925. The molecule has 2 aromatic carbocycles. The number of amides is 1. The second-order valence-corrected chi connectivity index (χ2v) is 8.25. The van der Waals surface area contributed by atoms with Gasteiger partial charge in [-0.05, 0) is 43.2 Å². The van der Waals surface area contributed by atoms with E-state index in [9.17, 15) is 13.2 Å². The first kappa shape index (κ1) is 18.7. The molecule has 0 unspecified atom stereocenters. The Balaban J connectivity index is 1.95. The Morgan fingerprint density at radius 3 is 2.50 bits per heavy atom. The van der Waals surface area contributed by atoms with Gasteiger partial charge in [0.25, 0.3) is 5.91 Å². The standard InChI is InChI=1S/C18H19ClN2O4S/c1-25-17-9-8-13(26(23,24)21-10-4-5-11-21)12-14(17)18(22)20-16-7-3-2-6-15(16)19/h2-3,6-9,12H,4-5,10-11H2,1H3,(H,20,22). The summed E-state index contributed by atoms with van der Waals surface area (Å²) in [7, 11) is -2.20. The van der Waals surface area contributed by atoms with Crippen LogP contribution in [0.5, 0.6) is 5.75 Å². The maximum Gasteiger partial charge on any atom is 0.259 e. The highest BCUT2D eigenvalue weighted by Gasteiger charge is 2.28. The molecular formula is C18H19ClN2O4S. The zero-order chi connectivity index (χ0) is 18.7. The number of sulfonamides is 1. The Morgan fingerprint density at radius 2 is 1.85 bits per heavy atom. The molecule has 0 spiro atoms. The summed E-state index contributed by atoms with van der Waals surface area (Å²) < 4.78 is 32.2. The van der Waals surface area contributed by atoms with Gasteiger partial charge in [-0.3, -0.25) is 4.79 Å². The summed E-state index contributed by atoms with van der Waals surface area (Å²) in [5, 5.41) is 3.08. The average molecular weight is 395 g/mol. The summed E-state index contributed by atoms with van der Waals surface area (Å²) in [4.78, 5) is 12.8. The fourth-order valence-electron chi connectivity index (χ4n) is 2.85. The number of halogens is 1. The third kappa shape index (κ3) is 3.70. The van der Waals surface area contributed by atoms with Gasteiger partial charge in [0.05, 0.1) is 28.3 Å². The smallest absolute Gasteiger partial charge is 0.259 e. The van der Waals surface area contributed by atoms with E-state index in [1.54, 1.807) is 24.3 Å². The van der Waals surface area contributed by atoms with Crippen molar-refractivity contribution in [3.63, 3.8) is 0 Å². The lowest BCUT2D eigenvalue weighted by atomic mass is 10.2. The summed E-state index contributed by atoms with van der Waals surface area (Å²) in [5.41, 5.74) is 0.571. The number of carbonyl (C=O) groups is 1. The van der Waals surface area contributed by atoms with Crippen LogP contribution in [0.15, 0.2) is 47.4 Å². The van der Waals surface area contributed by atoms with Crippen LogP contribution in [-0.2, 0) is 10.0 Å². The molecule has 1 aliphatic heterocycles. The summed E-state index contributed by atoms with van der Waals surface area (Å²) in [5.74, 6) is -0.205. The summed E-state index contributed by atoms with van der Waals surface area (Å²) in [6, 6.07) is 11.1. The van der Waals surface area contributed by atoms with Gasteiger partial charge in [-0.15, -0.1) is 0 Å². The molecule has 2 aromatic rings. The molecule has 0 radical (unpaired) electrons. The average Bonchev–Trinajstić information content (AvgIpc) is 3.18. The number of nitrogens with one attached hydrogen (secondary N) is 1. The van der Waals surface area contributed by atoms with Crippen molar-refractivity contribution in [3.05, 3.63) is 53.1 Å². The number of methoxy groups -OCH3 is 1. The number of para-hydroxylation sites is 1. The molecule has 8 heteroatoms. The third-order valence-corrected chi connectivity index (χ3v) is 6.46. The highest BCUT2D eigenvalue weighted by molar-refractivity contribution is 7.89. The minimum atomic E-state index is -3.63. The van der Waals surface area contributed by atoms with Crippen LogP contribution >= 0.6 is 11.6 Å². The topological polar surface area (TPSA) is 75.7 Å². The zero-order valence-corrected chi connectivity index (χ0v) is 15.8. The molecule has 26 heavy (non-hydrogen) atoms. The molecule has 1 heterocycles. The van der Waals surface area contributed by atoms with Crippen LogP contribution < -0.4 is 10.1 Å². The first-order valence-electron chi connectivity index (χ1n) is 8.17. The Hall–Kier alpha value is -2.09. The van der Waals surface area contributed by atoms with Crippen LogP contribution in [0.25, 0.3) is 0 Å². The molecule has 1 fully saturated rings. The highest BCUT2D eigenvalue weighted by atomic mass is 35.5.